The van der Waals surface area contributed by atoms with Crippen molar-refractivity contribution in [1.82, 2.24) is 4.90 Å². The quantitative estimate of drug-likeness (QED) is 0.603. The Balaban J connectivity index is 2.50. The molecule has 1 N–H and O–H groups in total. The lowest BCUT2D eigenvalue weighted by Gasteiger charge is -2.12. The number of hydrogen-bond acceptors (Lipinski definition) is 2. The molecule has 9 heavy (non-hydrogen) atoms. The molecule has 2 heteroatoms. The van der Waals surface area contributed by atoms with E-state index in [1.807, 2.05) is 0 Å². The molecule has 0 bridgehead atoms. The summed E-state index contributed by atoms with van der Waals surface area (Å²) >= 11 is 0. The molecule has 0 radical (unpaired) electrons. The zero-order valence-corrected chi connectivity index (χ0v) is 5.51. The Morgan fingerprint density at radius 2 is 2.11 bits per heavy atom. The molecule has 54 valence electrons. The SMILES string of the molecule is [2H]C(N1CCCC1)C([2H])([2H])CO. The van der Waals surface area contributed by atoms with Crippen LogP contribution < -0.4 is 0 Å². The normalized spacial score (nSPS) is 31.0. The summed E-state index contributed by atoms with van der Waals surface area (Å²) in [7, 11) is 0. The standard InChI is InChI=1S/C7H15NO/c9-7-3-6-8-4-1-2-5-8/h9H,1-7H2/i3D2,6D. The summed E-state index contributed by atoms with van der Waals surface area (Å²) < 4.78 is 22.2. The van der Waals surface area contributed by atoms with Crippen LogP contribution in [-0.4, -0.2) is 36.2 Å². The second-order valence-electron chi connectivity index (χ2n) is 2.23. The molecular weight excluding hydrogens is 114 g/mol. The number of hydrogen-bond donors (Lipinski definition) is 1. The minimum atomic E-state index is -1.79. The van der Waals surface area contributed by atoms with Crippen LogP contribution in [0.3, 0.4) is 0 Å². The van der Waals surface area contributed by atoms with Gasteiger partial charge in [-0.3, -0.25) is 0 Å². The highest BCUT2D eigenvalue weighted by Crippen LogP contribution is 2.06. The van der Waals surface area contributed by atoms with Crippen molar-refractivity contribution in [3.8, 4) is 0 Å². The first-order valence-corrected chi connectivity index (χ1v) is 3.35. The van der Waals surface area contributed by atoms with Gasteiger partial charge in [0.2, 0.25) is 0 Å². The smallest absolute Gasteiger partial charge is 0.0443 e. The molecule has 1 fully saturated rings. The molecule has 1 aliphatic rings. The third kappa shape index (κ3) is 2.33. The average Bonchev–Trinajstić information content (AvgIpc) is 2.55. The van der Waals surface area contributed by atoms with Crippen molar-refractivity contribution in [2.75, 3.05) is 26.2 Å². The van der Waals surface area contributed by atoms with E-state index < -0.39 is 19.5 Å². The minimum absolute atomic E-state index is 0.572. The van der Waals surface area contributed by atoms with Gasteiger partial charge in [0.1, 0.15) is 0 Å². The van der Waals surface area contributed by atoms with E-state index in [4.69, 9.17) is 9.22 Å². The zero-order valence-electron chi connectivity index (χ0n) is 8.51. The van der Waals surface area contributed by atoms with Crippen LogP contribution in [0.2, 0.25) is 0 Å². The molecule has 0 saturated carbocycles. The van der Waals surface area contributed by atoms with Gasteiger partial charge in [0.05, 0.1) is 0 Å². The van der Waals surface area contributed by atoms with Gasteiger partial charge in [0.25, 0.3) is 0 Å². The number of nitrogens with zero attached hydrogens (tertiary/aromatic N) is 1. The van der Waals surface area contributed by atoms with Gasteiger partial charge in [-0.25, -0.2) is 0 Å². The molecule has 1 unspecified atom stereocenters. The maximum absolute atomic E-state index is 8.70. The van der Waals surface area contributed by atoms with Crippen molar-refractivity contribution in [2.45, 2.75) is 19.2 Å². The third-order valence-corrected chi connectivity index (χ3v) is 1.51. The van der Waals surface area contributed by atoms with Crippen LogP contribution in [0.4, 0.5) is 0 Å². The van der Waals surface area contributed by atoms with Crippen molar-refractivity contribution in [3.05, 3.63) is 0 Å². The van der Waals surface area contributed by atoms with Crippen LogP contribution in [0, 0.1) is 0 Å². The second kappa shape index (κ2) is 3.85. The molecule has 0 amide bonds. The van der Waals surface area contributed by atoms with Gasteiger partial charge in [-0.05, 0) is 32.3 Å². The van der Waals surface area contributed by atoms with Crippen LogP contribution >= 0.6 is 0 Å². The van der Waals surface area contributed by atoms with Crippen LogP contribution in [0.25, 0.3) is 0 Å². The fourth-order valence-corrected chi connectivity index (χ4v) is 1.04. The van der Waals surface area contributed by atoms with Gasteiger partial charge in [0, 0.05) is 17.2 Å². The Kier molecular flexibility index (Phi) is 1.69. The summed E-state index contributed by atoms with van der Waals surface area (Å²) in [6, 6.07) is 0. The van der Waals surface area contributed by atoms with Crippen LogP contribution in [-0.2, 0) is 0 Å². The Bertz CT molecular complexity index is 148. The zero-order chi connectivity index (χ0) is 9.19. The number of likely N-dealkylation sites (tertiary alicyclic amines) is 1. The minimum Gasteiger partial charge on any atom is -0.396 e. The molecule has 2 nitrogen and oxygen atoms in total. The van der Waals surface area contributed by atoms with E-state index in [1.165, 1.54) is 0 Å². The summed E-state index contributed by atoms with van der Waals surface area (Å²) in [6.45, 7) is 0.0870. The summed E-state index contributed by atoms with van der Waals surface area (Å²) in [5.74, 6) is 0. The molecule has 0 aromatic rings. The molecule has 0 aromatic carbocycles. The lowest BCUT2D eigenvalue weighted by atomic mass is 10.4. The third-order valence-electron chi connectivity index (χ3n) is 1.51. The summed E-state index contributed by atoms with van der Waals surface area (Å²) in [4.78, 5) is 1.77. The topological polar surface area (TPSA) is 23.5 Å². The van der Waals surface area contributed by atoms with E-state index in [9.17, 15) is 0 Å². The van der Waals surface area contributed by atoms with Gasteiger partial charge in [-0.2, -0.15) is 0 Å². The highest BCUT2D eigenvalue weighted by atomic mass is 16.3. The summed E-state index contributed by atoms with van der Waals surface area (Å²) in [5.41, 5.74) is 0. The van der Waals surface area contributed by atoms with Crippen LogP contribution in [0.5, 0.6) is 0 Å². The van der Waals surface area contributed by atoms with Gasteiger partial charge in [0.15, 0.2) is 0 Å². The Labute approximate surface area is 60.7 Å². The van der Waals surface area contributed by atoms with Crippen molar-refractivity contribution in [2.24, 2.45) is 0 Å². The fourth-order valence-electron chi connectivity index (χ4n) is 1.04. The van der Waals surface area contributed by atoms with Crippen molar-refractivity contribution in [3.63, 3.8) is 0 Å². The van der Waals surface area contributed by atoms with E-state index in [1.54, 1.807) is 4.90 Å². The van der Waals surface area contributed by atoms with E-state index >= 15 is 0 Å². The molecule has 0 aromatic heterocycles. The molecule has 0 spiro atoms. The number of aliphatic hydroxyl groups excluding tert-OH is 1. The molecule has 1 aliphatic heterocycles. The molecule has 1 rings (SSSR count). The Morgan fingerprint density at radius 3 is 2.67 bits per heavy atom. The predicted octanol–water partition coefficient (Wildman–Crippen LogP) is 0.465. The van der Waals surface area contributed by atoms with Gasteiger partial charge < -0.3 is 10.0 Å². The Morgan fingerprint density at radius 1 is 1.44 bits per heavy atom. The summed E-state index contributed by atoms with van der Waals surface area (Å²) in [5, 5.41) is 8.70. The Hall–Kier alpha value is -0.0800. The van der Waals surface area contributed by atoms with Crippen molar-refractivity contribution >= 4 is 0 Å². The highest BCUT2D eigenvalue weighted by molar-refractivity contribution is 4.64. The lowest BCUT2D eigenvalue weighted by Crippen LogP contribution is -2.20. The maximum atomic E-state index is 8.70. The molecule has 1 saturated heterocycles. The van der Waals surface area contributed by atoms with Gasteiger partial charge in [-0.15, -0.1) is 0 Å². The van der Waals surface area contributed by atoms with E-state index in [2.05, 4.69) is 0 Å². The number of aliphatic hydroxyl groups is 1. The summed E-state index contributed by atoms with van der Waals surface area (Å²) in [6.07, 6.45) is 0.290. The number of rotatable bonds is 3. The largest absolute Gasteiger partial charge is 0.396 e. The first-order valence-electron chi connectivity index (χ1n) is 4.93. The highest BCUT2D eigenvalue weighted by Gasteiger charge is 2.09. The lowest BCUT2D eigenvalue weighted by molar-refractivity contribution is 0.248. The maximum Gasteiger partial charge on any atom is 0.0443 e. The first kappa shape index (κ1) is 3.94. The monoisotopic (exact) mass is 132 g/mol. The van der Waals surface area contributed by atoms with Crippen molar-refractivity contribution in [1.29, 1.82) is 0 Å². The predicted molar refractivity (Wildman–Crippen MR) is 37.4 cm³/mol. The van der Waals surface area contributed by atoms with E-state index in [-0.39, 0.29) is 0 Å². The fraction of sp³-hybridized carbons (Fsp3) is 1.00. The molecule has 0 aliphatic carbocycles. The van der Waals surface area contributed by atoms with E-state index in [0.717, 1.165) is 25.9 Å². The molecule has 1 atom stereocenters. The van der Waals surface area contributed by atoms with Gasteiger partial charge >= 0.3 is 0 Å². The first-order chi connectivity index (χ1) is 5.58. The average molecular weight is 132 g/mol. The van der Waals surface area contributed by atoms with E-state index in [0.29, 0.717) is 0 Å². The van der Waals surface area contributed by atoms with Gasteiger partial charge in [-0.1, -0.05) is 0 Å². The molecule has 1 heterocycles. The molecular formula is C7H15NO. The van der Waals surface area contributed by atoms with Crippen molar-refractivity contribution < 1.29 is 9.22 Å². The second-order valence-corrected chi connectivity index (χ2v) is 2.23. The van der Waals surface area contributed by atoms with Crippen LogP contribution in [0.1, 0.15) is 23.3 Å². The van der Waals surface area contributed by atoms with Crippen LogP contribution in [0.15, 0.2) is 0 Å².